The topological polar surface area (TPSA) is 90.5 Å². The van der Waals surface area contributed by atoms with Gasteiger partial charge in [-0.15, -0.1) is 11.6 Å². The summed E-state index contributed by atoms with van der Waals surface area (Å²) < 4.78 is 0. The van der Waals surface area contributed by atoms with Gasteiger partial charge in [-0.05, 0) is 66.9 Å². The van der Waals surface area contributed by atoms with Crippen LogP contribution in [0.25, 0.3) is 0 Å². The van der Waals surface area contributed by atoms with Crippen molar-refractivity contribution in [3.63, 3.8) is 0 Å². The van der Waals surface area contributed by atoms with Crippen LogP contribution in [0, 0.1) is 11.3 Å². The number of carbonyl (C=O) groups excluding carboxylic acids is 2. The number of benzene rings is 1. The zero-order valence-electron chi connectivity index (χ0n) is 22.7. The molecular formula is C30H38Cl3N3O3. The number of amides is 2. The van der Waals surface area contributed by atoms with Crippen molar-refractivity contribution >= 4 is 52.3 Å². The molecule has 1 aromatic rings. The van der Waals surface area contributed by atoms with E-state index in [4.69, 9.17) is 34.8 Å². The van der Waals surface area contributed by atoms with Crippen LogP contribution in [0.4, 0.5) is 5.69 Å². The molecule has 9 heteroatoms. The lowest BCUT2D eigenvalue weighted by molar-refractivity contribution is -0.125. The number of anilines is 1. The van der Waals surface area contributed by atoms with Gasteiger partial charge in [-0.3, -0.25) is 9.59 Å². The Kier molecular flexibility index (Phi) is 9.24. The van der Waals surface area contributed by atoms with E-state index in [1.807, 2.05) is 6.07 Å². The molecule has 212 valence electrons. The van der Waals surface area contributed by atoms with E-state index in [0.717, 1.165) is 5.56 Å². The van der Waals surface area contributed by atoms with E-state index in [-0.39, 0.29) is 41.3 Å². The van der Waals surface area contributed by atoms with E-state index >= 15 is 0 Å². The standard InChI is InChI=1S/C30H38Cl3N3O3/c1-17(6-5-7-19(33)16-31)25-26(27(38)34-20-9-11-21(37)12-10-20)36-24(15-29(2,3)4)30(25)22-13-8-18(32)14-23(22)35-28(30)39/h5-8,13-14,20-21,24-26,36-37H,1,9-12,15-16H2,2-4H3,(H,34,38)(H,35,39)/b6-5-,19-7+/t20?,21?,24-,25-,26+,30+/m0/s1. The first-order valence-corrected chi connectivity index (χ1v) is 14.8. The van der Waals surface area contributed by atoms with Gasteiger partial charge in [0.05, 0.1) is 18.0 Å². The summed E-state index contributed by atoms with van der Waals surface area (Å²) >= 11 is 18.2. The molecule has 0 bridgehead atoms. The van der Waals surface area contributed by atoms with Crippen LogP contribution >= 0.6 is 34.8 Å². The van der Waals surface area contributed by atoms with Crippen molar-refractivity contribution in [1.82, 2.24) is 10.6 Å². The fourth-order valence-electron chi connectivity index (χ4n) is 6.41. The molecule has 1 aromatic carbocycles. The summed E-state index contributed by atoms with van der Waals surface area (Å²) in [6.45, 7) is 10.8. The van der Waals surface area contributed by atoms with Crippen molar-refractivity contribution in [2.24, 2.45) is 11.3 Å². The van der Waals surface area contributed by atoms with Crippen LogP contribution in [0.15, 0.2) is 53.6 Å². The summed E-state index contributed by atoms with van der Waals surface area (Å²) in [7, 11) is 0. The zero-order chi connectivity index (χ0) is 28.5. The lowest BCUT2D eigenvalue weighted by Gasteiger charge is -2.38. The molecular weight excluding hydrogens is 557 g/mol. The summed E-state index contributed by atoms with van der Waals surface area (Å²) in [6, 6.07) is 4.36. The number of carbonyl (C=O) groups is 2. The van der Waals surface area contributed by atoms with Gasteiger partial charge < -0.3 is 21.1 Å². The van der Waals surface area contributed by atoms with Gasteiger partial charge in [0, 0.05) is 33.7 Å². The molecule has 6 nitrogen and oxygen atoms in total. The van der Waals surface area contributed by atoms with Crippen LogP contribution in [0.5, 0.6) is 0 Å². The number of hydrogen-bond donors (Lipinski definition) is 4. The Morgan fingerprint density at radius 1 is 1.26 bits per heavy atom. The summed E-state index contributed by atoms with van der Waals surface area (Å²) in [6.07, 6.45) is 8.31. The van der Waals surface area contributed by atoms with E-state index in [1.165, 1.54) is 0 Å². The second-order valence-electron chi connectivity index (χ2n) is 12.1. The quantitative estimate of drug-likeness (QED) is 0.237. The molecule has 39 heavy (non-hydrogen) atoms. The second-order valence-corrected chi connectivity index (χ2v) is 13.3. The normalized spacial score (nSPS) is 31.0. The Morgan fingerprint density at radius 2 is 1.95 bits per heavy atom. The number of hydrogen-bond acceptors (Lipinski definition) is 4. The number of allylic oxidation sites excluding steroid dienone is 4. The molecule has 1 saturated heterocycles. The maximum atomic E-state index is 14.1. The lowest BCUT2D eigenvalue weighted by atomic mass is 9.62. The van der Waals surface area contributed by atoms with Crippen LogP contribution in [0.3, 0.4) is 0 Å². The molecule has 0 radical (unpaired) electrons. The van der Waals surface area contributed by atoms with E-state index < -0.39 is 17.4 Å². The van der Waals surface area contributed by atoms with Crippen molar-refractivity contribution in [1.29, 1.82) is 0 Å². The number of nitrogens with one attached hydrogen (secondary N) is 3. The van der Waals surface area contributed by atoms with Crippen LogP contribution < -0.4 is 16.0 Å². The minimum Gasteiger partial charge on any atom is -0.393 e. The Labute approximate surface area is 246 Å². The summed E-state index contributed by atoms with van der Waals surface area (Å²) in [5.41, 5.74) is 0.875. The van der Waals surface area contributed by atoms with Gasteiger partial charge in [0.1, 0.15) is 5.41 Å². The summed E-state index contributed by atoms with van der Waals surface area (Å²) in [5, 5.41) is 20.8. The fraction of sp³-hybridized carbons (Fsp3) is 0.533. The van der Waals surface area contributed by atoms with E-state index in [9.17, 15) is 14.7 Å². The third kappa shape index (κ3) is 6.25. The molecule has 0 aromatic heterocycles. The highest BCUT2D eigenvalue weighted by atomic mass is 35.5. The zero-order valence-corrected chi connectivity index (χ0v) is 25.0. The molecule has 3 aliphatic rings. The predicted molar refractivity (Wildman–Crippen MR) is 159 cm³/mol. The maximum Gasteiger partial charge on any atom is 0.238 e. The SMILES string of the molecule is C=C(/C=C\C=C(\Cl)CCl)[C@H]1[C@H](C(=O)NC2CCC(O)CC2)N[C@@H](CC(C)(C)C)[C@@]12C(=O)Nc1cc(Cl)ccc12. The molecule has 1 saturated carbocycles. The first kappa shape index (κ1) is 30.1. The van der Waals surface area contributed by atoms with Crippen molar-refractivity contribution in [2.45, 2.75) is 82.5 Å². The minimum absolute atomic E-state index is 0.0290. The Bertz CT molecular complexity index is 1180. The highest BCUT2D eigenvalue weighted by Gasteiger charge is 2.65. The molecule has 4 rings (SSSR count). The van der Waals surface area contributed by atoms with Gasteiger partial charge in [-0.2, -0.15) is 0 Å². The molecule has 2 fully saturated rings. The molecule has 2 amide bonds. The van der Waals surface area contributed by atoms with E-state index in [2.05, 4.69) is 43.3 Å². The van der Waals surface area contributed by atoms with Gasteiger partial charge in [0.25, 0.3) is 0 Å². The molecule has 4 atom stereocenters. The van der Waals surface area contributed by atoms with Crippen molar-refractivity contribution in [3.8, 4) is 0 Å². The van der Waals surface area contributed by atoms with Crippen molar-refractivity contribution in [2.75, 3.05) is 11.2 Å². The third-order valence-corrected chi connectivity index (χ3v) is 8.98. The monoisotopic (exact) mass is 593 g/mol. The minimum atomic E-state index is -1.08. The highest BCUT2D eigenvalue weighted by Crippen LogP contribution is 2.55. The third-order valence-electron chi connectivity index (χ3n) is 8.06. The summed E-state index contributed by atoms with van der Waals surface area (Å²) in [5.74, 6) is -0.748. The molecule has 1 spiro atoms. The number of alkyl halides is 1. The van der Waals surface area contributed by atoms with Gasteiger partial charge in [0.2, 0.25) is 11.8 Å². The van der Waals surface area contributed by atoms with E-state index in [1.54, 1.807) is 30.4 Å². The Hall–Kier alpha value is -1.83. The molecule has 4 N–H and O–H groups in total. The van der Waals surface area contributed by atoms with Crippen molar-refractivity contribution < 1.29 is 14.7 Å². The molecule has 2 aliphatic heterocycles. The summed E-state index contributed by atoms with van der Waals surface area (Å²) in [4.78, 5) is 28.1. The van der Waals surface area contributed by atoms with Gasteiger partial charge in [-0.1, -0.05) is 68.8 Å². The Balaban J connectivity index is 1.81. The first-order chi connectivity index (χ1) is 18.4. The second kappa shape index (κ2) is 12.0. The number of aliphatic hydroxyl groups is 1. The Morgan fingerprint density at radius 3 is 2.59 bits per heavy atom. The fourth-order valence-corrected chi connectivity index (χ4v) is 6.74. The number of aliphatic hydroxyl groups excluding tert-OH is 1. The van der Waals surface area contributed by atoms with Crippen LogP contribution in [0.2, 0.25) is 5.02 Å². The largest absolute Gasteiger partial charge is 0.393 e. The lowest BCUT2D eigenvalue weighted by Crippen LogP contribution is -2.51. The predicted octanol–water partition coefficient (Wildman–Crippen LogP) is 5.82. The number of rotatable bonds is 7. The number of halogens is 3. The van der Waals surface area contributed by atoms with Crippen molar-refractivity contribution in [3.05, 3.63) is 64.2 Å². The van der Waals surface area contributed by atoms with E-state index in [0.29, 0.717) is 53.4 Å². The van der Waals surface area contributed by atoms with Crippen LogP contribution in [0.1, 0.15) is 58.4 Å². The van der Waals surface area contributed by atoms with Crippen LogP contribution in [-0.4, -0.2) is 47.0 Å². The maximum absolute atomic E-state index is 14.1. The van der Waals surface area contributed by atoms with Crippen LogP contribution in [-0.2, 0) is 15.0 Å². The molecule has 0 unspecified atom stereocenters. The number of fused-ring (bicyclic) bond motifs is 2. The molecule has 2 heterocycles. The average molecular weight is 595 g/mol. The highest BCUT2D eigenvalue weighted by molar-refractivity contribution is 6.35. The smallest absolute Gasteiger partial charge is 0.238 e. The van der Waals surface area contributed by atoms with Gasteiger partial charge in [-0.25, -0.2) is 0 Å². The molecule has 1 aliphatic carbocycles. The van der Waals surface area contributed by atoms with Gasteiger partial charge in [0.15, 0.2) is 0 Å². The average Bonchev–Trinajstić information content (AvgIpc) is 3.34. The van der Waals surface area contributed by atoms with Gasteiger partial charge >= 0.3 is 0 Å². The first-order valence-electron chi connectivity index (χ1n) is 13.5.